The minimum absolute atomic E-state index is 0.0359. The number of hydrogen-bond donors (Lipinski definition) is 1. The third-order valence-electron chi connectivity index (χ3n) is 3.48. The van der Waals surface area contributed by atoms with Crippen LogP contribution in [0.2, 0.25) is 0 Å². The Morgan fingerprint density at radius 3 is 2.19 bits per heavy atom. The maximum Gasteiger partial charge on any atom is 0.269 e. The van der Waals surface area contributed by atoms with Crippen molar-refractivity contribution in [1.29, 1.82) is 0 Å². The van der Waals surface area contributed by atoms with E-state index in [1.54, 1.807) is 7.11 Å². The number of allylic oxidation sites excluding steroid dienone is 2. The van der Waals surface area contributed by atoms with Gasteiger partial charge in [-0.3, -0.25) is 5.21 Å². The van der Waals surface area contributed by atoms with Gasteiger partial charge in [-0.2, -0.15) is 0 Å². The number of benzene rings is 1. The second kappa shape index (κ2) is 4.90. The normalized spacial score (nSPS) is 17.4. The molecule has 0 aromatic heterocycles. The van der Waals surface area contributed by atoms with Crippen molar-refractivity contribution >= 4 is 17.0 Å². The minimum atomic E-state index is -0.155. The predicted octanol–water partition coefficient (Wildman–Crippen LogP) is 4.66. The Balaban J connectivity index is 2.73. The Bertz CT molecular complexity index is 626. The summed E-state index contributed by atoms with van der Waals surface area (Å²) in [5, 5.41) is 10.7. The first-order valence-corrected chi connectivity index (χ1v) is 7.32. The molecule has 0 atom stereocenters. The van der Waals surface area contributed by atoms with Gasteiger partial charge >= 0.3 is 0 Å². The lowest BCUT2D eigenvalue weighted by Crippen LogP contribution is -2.26. The van der Waals surface area contributed by atoms with Gasteiger partial charge in [-0.1, -0.05) is 47.6 Å². The number of hydrogen-bond acceptors (Lipinski definition) is 2. The molecule has 1 heterocycles. The molecule has 3 heteroatoms. The second-order valence-electron chi connectivity index (χ2n) is 7.72. The first-order chi connectivity index (χ1) is 9.54. The molecule has 1 aromatic rings. The summed E-state index contributed by atoms with van der Waals surface area (Å²) in [6.45, 7) is 12.9. The average Bonchev–Trinajstić information content (AvgIpc) is 2.59. The van der Waals surface area contributed by atoms with Crippen molar-refractivity contribution < 1.29 is 14.7 Å². The highest BCUT2D eigenvalue weighted by molar-refractivity contribution is 6.26. The van der Waals surface area contributed by atoms with Crippen LogP contribution in [0.25, 0.3) is 5.57 Å². The second-order valence-corrected chi connectivity index (χ2v) is 7.72. The van der Waals surface area contributed by atoms with Crippen LogP contribution in [0.3, 0.4) is 0 Å². The van der Waals surface area contributed by atoms with Gasteiger partial charge in [0.1, 0.15) is 5.75 Å². The average molecular weight is 288 g/mol. The van der Waals surface area contributed by atoms with Crippen LogP contribution < -0.4 is 4.74 Å². The van der Waals surface area contributed by atoms with Crippen LogP contribution in [0.5, 0.6) is 5.75 Å². The number of nitrogens with zero attached hydrogens (tertiary/aromatic N) is 1. The van der Waals surface area contributed by atoms with E-state index in [9.17, 15) is 5.21 Å². The fourth-order valence-electron chi connectivity index (χ4n) is 2.70. The van der Waals surface area contributed by atoms with Gasteiger partial charge in [0, 0.05) is 4.74 Å². The van der Waals surface area contributed by atoms with Crippen LogP contribution in [0.4, 0.5) is 5.69 Å². The van der Waals surface area contributed by atoms with Crippen molar-refractivity contribution in [3.63, 3.8) is 0 Å². The van der Waals surface area contributed by atoms with E-state index >= 15 is 0 Å². The van der Waals surface area contributed by atoms with Gasteiger partial charge in [-0.25, -0.2) is 0 Å². The summed E-state index contributed by atoms with van der Waals surface area (Å²) in [5.41, 5.74) is 3.76. The van der Waals surface area contributed by atoms with Gasteiger partial charge in [0.15, 0.2) is 0 Å². The van der Waals surface area contributed by atoms with E-state index in [1.165, 1.54) is 4.74 Å². The molecule has 114 valence electrons. The van der Waals surface area contributed by atoms with Crippen LogP contribution >= 0.6 is 0 Å². The third-order valence-corrected chi connectivity index (χ3v) is 3.48. The summed E-state index contributed by atoms with van der Waals surface area (Å²) in [6, 6.07) is 5.84. The maximum absolute atomic E-state index is 10.7. The Labute approximate surface area is 127 Å². The van der Waals surface area contributed by atoms with Crippen LogP contribution in [-0.2, 0) is 0 Å². The van der Waals surface area contributed by atoms with E-state index in [0.717, 1.165) is 28.3 Å². The van der Waals surface area contributed by atoms with Gasteiger partial charge in [-0.15, -0.1) is 0 Å². The molecule has 0 spiro atoms. The van der Waals surface area contributed by atoms with Gasteiger partial charge in [0.05, 0.1) is 29.7 Å². The quantitative estimate of drug-likeness (QED) is 0.602. The molecule has 1 aromatic carbocycles. The molecule has 1 N–H and O–H groups in total. The highest BCUT2D eigenvalue weighted by Crippen LogP contribution is 2.42. The fraction of sp³-hybridized carbons (Fsp3) is 0.500. The molecule has 1 aliphatic heterocycles. The van der Waals surface area contributed by atoms with E-state index in [1.807, 2.05) is 18.2 Å². The molecular weight excluding hydrogens is 262 g/mol. The van der Waals surface area contributed by atoms with E-state index in [2.05, 4.69) is 47.6 Å². The van der Waals surface area contributed by atoms with E-state index in [0.29, 0.717) is 0 Å². The van der Waals surface area contributed by atoms with Crippen LogP contribution in [0.1, 0.15) is 47.1 Å². The van der Waals surface area contributed by atoms with E-state index in [4.69, 9.17) is 4.74 Å². The third kappa shape index (κ3) is 2.97. The molecule has 0 amide bonds. The van der Waals surface area contributed by atoms with Crippen molar-refractivity contribution in [2.75, 3.05) is 7.11 Å². The standard InChI is InChI=1S/C18H26NO2/c1-17(2,3)11-14-13-9-8-12(21-7)10-15(13)19(20)16(14)18(4,5)6/h8-11,20H,1-7H3/q+1/b14-11-. The van der Waals surface area contributed by atoms with Gasteiger partial charge in [0.25, 0.3) is 5.69 Å². The van der Waals surface area contributed by atoms with Crippen molar-refractivity contribution in [3.05, 3.63) is 29.8 Å². The lowest BCUT2D eigenvalue weighted by Gasteiger charge is -2.18. The number of ether oxygens (including phenoxy) is 1. The summed E-state index contributed by atoms with van der Waals surface area (Å²) in [6.07, 6.45) is 2.23. The molecule has 0 saturated carbocycles. The SMILES string of the molecule is COc1ccc2c(c1)[N+](O)=C(C(C)(C)C)/C2=C\C(C)(C)C. The summed E-state index contributed by atoms with van der Waals surface area (Å²) >= 11 is 0. The molecule has 0 aliphatic carbocycles. The first-order valence-electron chi connectivity index (χ1n) is 7.32. The zero-order chi connectivity index (χ0) is 16.0. The Kier molecular flexibility index (Phi) is 3.64. The maximum atomic E-state index is 10.7. The highest BCUT2D eigenvalue weighted by atomic mass is 16.5. The van der Waals surface area contributed by atoms with E-state index in [-0.39, 0.29) is 10.8 Å². The summed E-state index contributed by atoms with van der Waals surface area (Å²) in [7, 11) is 1.64. The largest absolute Gasteiger partial charge is 0.497 e. The molecule has 1 aliphatic rings. The van der Waals surface area contributed by atoms with Crippen molar-refractivity contribution in [2.45, 2.75) is 41.5 Å². The number of rotatable bonds is 1. The van der Waals surface area contributed by atoms with Crippen LogP contribution in [-0.4, -0.2) is 22.8 Å². The molecule has 0 fully saturated rings. The van der Waals surface area contributed by atoms with Crippen LogP contribution in [0, 0.1) is 10.8 Å². The monoisotopic (exact) mass is 288 g/mol. The Morgan fingerprint density at radius 1 is 1.10 bits per heavy atom. The molecule has 0 unspecified atom stereocenters. The lowest BCUT2D eigenvalue weighted by molar-refractivity contribution is -0.712. The fourth-order valence-corrected chi connectivity index (χ4v) is 2.70. The predicted molar refractivity (Wildman–Crippen MR) is 86.6 cm³/mol. The van der Waals surface area contributed by atoms with Crippen molar-refractivity contribution in [1.82, 2.24) is 0 Å². The summed E-state index contributed by atoms with van der Waals surface area (Å²) in [4.78, 5) is 0. The summed E-state index contributed by atoms with van der Waals surface area (Å²) < 4.78 is 6.59. The molecule has 2 rings (SSSR count). The van der Waals surface area contributed by atoms with Gasteiger partial charge < -0.3 is 4.74 Å². The zero-order valence-electron chi connectivity index (χ0n) is 14.1. The Hall–Kier alpha value is -1.77. The smallest absolute Gasteiger partial charge is 0.269 e. The van der Waals surface area contributed by atoms with Crippen molar-refractivity contribution in [2.24, 2.45) is 10.8 Å². The highest BCUT2D eigenvalue weighted by Gasteiger charge is 2.43. The lowest BCUT2D eigenvalue weighted by atomic mass is 9.81. The molecule has 0 saturated heterocycles. The first kappa shape index (κ1) is 15.6. The number of methoxy groups -OCH3 is 1. The zero-order valence-corrected chi connectivity index (χ0v) is 14.1. The summed E-state index contributed by atoms with van der Waals surface area (Å²) in [5.74, 6) is 0.748. The van der Waals surface area contributed by atoms with Crippen LogP contribution in [0.15, 0.2) is 24.3 Å². The molecule has 3 nitrogen and oxygen atoms in total. The molecule has 0 radical (unpaired) electrons. The number of fused-ring (bicyclic) bond motifs is 1. The molecular formula is C18H26NO2+. The molecule has 21 heavy (non-hydrogen) atoms. The topological polar surface area (TPSA) is 32.5 Å². The van der Waals surface area contributed by atoms with Gasteiger partial charge in [0.2, 0.25) is 5.71 Å². The Morgan fingerprint density at radius 2 is 1.71 bits per heavy atom. The minimum Gasteiger partial charge on any atom is -0.497 e. The van der Waals surface area contributed by atoms with Gasteiger partial charge in [-0.05, 0) is 17.5 Å². The molecule has 0 bridgehead atoms. The van der Waals surface area contributed by atoms with Crippen molar-refractivity contribution in [3.8, 4) is 5.75 Å². The van der Waals surface area contributed by atoms with E-state index < -0.39 is 0 Å².